The average molecular weight is 284 g/mol. The topological polar surface area (TPSA) is 78.4 Å². The lowest BCUT2D eigenvalue weighted by atomic mass is 9.83. The monoisotopic (exact) mass is 284 g/mol. The van der Waals surface area contributed by atoms with Crippen molar-refractivity contribution >= 4 is 12.0 Å². The molecule has 1 unspecified atom stereocenters. The van der Waals surface area contributed by atoms with Gasteiger partial charge < -0.3 is 15.7 Å². The molecule has 0 aromatic carbocycles. The lowest BCUT2D eigenvalue weighted by Crippen LogP contribution is -2.41. The molecule has 20 heavy (non-hydrogen) atoms. The van der Waals surface area contributed by atoms with Crippen molar-refractivity contribution in [2.75, 3.05) is 13.1 Å². The zero-order valence-corrected chi connectivity index (χ0v) is 12.9. The lowest BCUT2D eigenvalue weighted by molar-refractivity contribution is -0.142. The van der Waals surface area contributed by atoms with Crippen molar-refractivity contribution < 1.29 is 14.7 Å². The molecule has 5 heteroatoms. The Morgan fingerprint density at radius 2 is 1.90 bits per heavy atom. The fourth-order valence-corrected chi connectivity index (χ4v) is 2.44. The molecule has 5 nitrogen and oxygen atoms in total. The third-order valence-corrected chi connectivity index (χ3v) is 3.78. The first-order valence-corrected chi connectivity index (χ1v) is 7.52. The number of hydrogen-bond acceptors (Lipinski definition) is 2. The molecule has 0 radical (unpaired) electrons. The number of rotatable bonds is 7. The minimum absolute atomic E-state index is 0.0641. The second-order valence-corrected chi connectivity index (χ2v) is 7.02. The van der Waals surface area contributed by atoms with Crippen LogP contribution in [0.15, 0.2) is 0 Å². The Bertz CT molecular complexity index is 333. The van der Waals surface area contributed by atoms with Crippen LogP contribution in [-0.2, 0) is 4.79 Å². The summed E-state index contributed by atoms with van der Waals surface area (Å²) in [6.45, 7) is 6.86. The number of hydrogen-bond donors (Lipinski definition) is 3. The van der Waals surface area contributed by atoms with Crippen molar-refractivity contribution in [3.8, 4) is 0 Å². The van der Waals surface area contributed by atoms with Gasteiger partial charge in [0.2, 0.25) is 0 Å². The van der Waals surface area contributed by atoms with Gasteiger partial charge in [-0.15, -0.1) is 0 Å². The third-order valence-electron chi connectivity index (χ3n) is 3.78. The molecule has 1 atom stereocenters. The summed E-state index contributed by atoms with van der Waals surface area (Å²) < 4.78 is 0. The summed E-state index contributed by atoms with van der Waals surface area (Å²) in [5.41, 5.74) is -0.0641. The minimum atomic E-state index is -0.852. The molecule has 1 saturated carbocycles. The highest BCUT2D eigenvalue weighted by molar-refractivity contribution is 5.75. The van der Waals surface area contributed by atoms with E-state index in [1.807, 2.05) is 20.8 Å². The molecule has 0 bridgehead atoms. The quantitative estimate of drug-likeness (QED) is 0.672. The van der Waals surface area contributed by atoms with Gasteiger partial charge >= 0.3 is 12.0 Å². The smallest absolute Gasteiger partial charge is 0.314 e. The fourth-order valence-electron chi connectivity index (χ4n) is 2.44. The zero-order valence-electron chi connectivity index (χ0n) is 12.9. The summed E-state index contributed by atoms with van der Waals surface area (Å²) in [7, 11) is 0. The molecule has 1 rings (SSSR count). The van der Waals surface area contributed by atoms with E-state index in [0.717, 1.165) is 12.3 Å². The van der Waals surface area contributed by atoms with Gasteiger partial charge in [0, 0.05) is 13.1 Å². The molecule has 1 fully saturated rings. The molecule has 116 valence electrons. The first-order valence-electron chi connectivity index (χ1n) is 7.52. The van der Waals surface area contributed by atoms with Crippen LogP contribution >= 0.6 is 0 Å². The van der Waals surface area contributed by atoms with Crippen molar-refractivity contribution in [1.29, 1.82) is 0 Å². The first-order chi connectivity index (χ1) is 9.28. The summed E-state index contributed by atoms with van der Waals surface area (Å²) in [5, 5.41) is 14.6. The van der Waals surface area contributed by atoms with Crippen LogP contribution < -0.4 is 10.6 Å². The van der Waals surface area contributed by atoms with Crippen LogP contribution in [0.4, 0.5) is 4.79 Å². The van der Waals surface area contributed by atoms with E-state index in [4.69, 9.17) is 5.11 Å². The van der Waals surface area contributed by atoms with Gasteiger partial charge in [-0.3, -0.25) is 4.79 Å². The predicted molar refractivity (Wildman–Crippen MR) is 78.6 cm³/mol. The number of amides is 2. The van der Waals surface area contributed by atoms with E-state index >= 15 is 0 Å². The van der Waals surface area contributed by atoms with Crippen molar-refractivity contribution in [1.82, 2.24) is 10.6 Å². The Kier molecular flexibility index (Phi) is 6.30. The van der Waals surface area contributed by atoms with Crippen molar-refractivity contribution in [3.63, 3.8) is 0 Å². The summed E-state index contributed by atoms with van der Waals surface area (Å²) in [6.07, 6.45) is 5.43. The average Bonchev–Trinajstić information content (AvgIpc) is 2.25. The number of urea groups is 1. The summed E-state index contributed by atoms with van der Waals surface area (Å²) in [4.78, 5) is 22.8. The van der Waals surface area contributed by atoms with Crippen LogP contribution in [0.25, 0.3) is 0 Å². The van der Waals surface area contributed by atoms with Gasteiger partial charge in [0.25, 0.3) is 0 Å². The largest absolute Gasteiger partial charge is 0.481 e. The molecule has 1 aliphatic rings. The highest BCUT2D eigenvalue weighted by atomic mass is 16.4. The van der Waals surface area contributed by atoms with E-state index in [-0.39, 0.29) is 18.0 Å². The summed E-state index contributed by atoms with van der Waals surface area (Å²) in [6, 6.07) is -0.260. The molecule has 0 spiro atoms. The Hall–Kier alpha value is -1.26. The highest BCUT2D eigenvalue weighted by Crippen LogP contribution is 2.28. The second kappa shape index (κ2) is 7.50. The Morgan fingerprint density at radius 3 is 2.35 bits per heavy atom. The molecule has 0 saturated heterocycles. The maximum absolute atomic E-state index is 11.6. The molecule has 0 aromatic rings. The van der Waals surface area contributed by atoms with E-state index in [1.165, 1.54) is 19.3 Å². The standard InChI is InChI=1S/C15H28N2O3/c1-15(2,3)9-12(13(18)19)10-17-14(20)16-8-7-11-5-4-6-11/h11-12H,4-10H2,1-3H3,(H,18,19)(H2,16,17,20). The Balaban J connectivity index is 2.20. The van der Waals surface area contributed by atoms with Crippen LogP contribution in [0.5, 0.6) is 0 Å². The van der Waals surface area contributed by atoms with Gasteiger partial charge in [-0.05, 0) is 24.2 Å². The van der Waals surface area contributed by atoms with Crippen LogP contribution in [0.3, 0.4) is 0 Å². The zero-order chi connectivity index (χ0) is 15.2. The van der Waals surface area contributed by atoms with Crippen molar-refractivity contribution in [2.45, 2.75) is 52.9 Å². The Morgan fingerprint density at radius 1 is 1.25 bits per heavy atom. The highest BCUT2D eigenvalue weighted by Gasteiger charge is 2.25. The summed E-state index contributed by atoms with van der Waals surface area (Å²) >= 11 is 0. The van der Waals surface area contributed by atoms with Crippen LogP contribution in [0, 0.1) is 17.3 Å². The Labute approximate surface area is 121 Å². The van der Waals surface area contributed by atoms with Gasteiger partial charge in [-0.1, -0.05) is 40.0 Å². The lowest BCUT2D eigenvalue weighted by Gasteiger charge is -2.25. The van der Waals surface area contributed by atoms with E-state index < -0.39 is 11.9 Å². The fraction of sp³-hybridized carbons (Fsp3) is 0.867. The number of carboxylic acids is 1. The first kappa shape index (κ1) is 16.8. The van der Waals surface area contributed by atoms with E-state index in [0.29, 0.717) is 13.0 Å². The van der Waals surface area contributed by atoms with Crippen LogP contribution in [-0.4, -0.2) is 30.2 Å². The van der Waals surface area contributed by atoms with Crippen LogP contribution in [0.2, 0.25) is 0 Å². The molecule has 0 aliphatic heterocycles. The SMILES string of the molecule is CC(C)(C)CC(CNC(=O)NCCC1CCC1)C(=O)O. The molecule has 0 heterocycles. The maximum Gasteiger partial charge on any atom is 0.314 e. The predicted octanol–water partition coefficient (Wildman–Crippen LogP) is 2.61. The number of carbonyl (C=O) groups is 2. The van der Waals surface area contributed by atoms with Gasteiger partial charge in [-0.25, -0.2) is 4.79 Å². The third kappa shape index (κ3) is 6.78. The minimum Gasteiger partial charge on any atom is -0.481 e. The van der Waals surface area contributed by atoms with Crippen LogP contribution in [0.1, 0.15) is 52.9 Å². The van der Waals surface area contributed by atoms with Crippen molar-refractivity contribution in [2.24, 2.45) is 17.3 Å². The van der Waals surface area contributed by atoms with E-state index in [2.05, 4.69) is 10.6 Å². The van der Waals surface area contributed by atoms with Gasteiger partial charge in [0.15, 0.2) is 0 Å². The number of carboxylic acid groups (broad SMARTS) is 1. The second-order valence-electron chi connectivity index (χ2n) is 7.02. The van der Waals surface area contributed by atoms with Gasteiger partial charge in [0.1, 0.15) is 0 Å². The number of carbonyl (C=O) groups excluding carboxylic acids is 1. The molecular weight excluding hydrogens is 256 g/mol. The molecule has 1 aliphatic carbocycles. The number of aliphatic carboxylic acids is 1. The molecular formula is C15H28N2O3. The molecule has 2 amide bonds. The van der Waals surface area contributed by atoms with E-state index in [9.17, 15) is 9.59 Å². The molecule has 3 N–H and O–H groups in total. The number of nitrogens with one attached hydrogen (secondary N) is 2. The van der Waals surface area contributed by atoms with Crippen molar-refractivity contribution in [3.05, 3.63) is 0 Å². The molecule has 0 aromatic heterocycles. The normalized spacial score (nSPS) is 17.1. The van der Waals surface area contributed by atoms with E-state index in [1.54, 1.807) is 0 Å². The van der Waals surface area contributed by atoms with Gasteiger partial charge in [0.05, 0.1) is 5.92 Å². The summed E-state index contributed by atoms with van der Waals surface area (Å²) in [5.74, 6) is -0.620. The maximum atomic E-state index is 11.6. The van der Waals surface area contributed by atoms with Gasteiger partial charge in [-0.2, -0.15) is 0 Å².